The van der Waals surface area contributed by atoms with Crippen molar-refractivity contribution in [2.45, 2.75) is 59.7 Å². The normalized spacial score (nSPS) is 17.8. The molecule has 5 rings (SSSR count). The van der Waals surface area contributed by atoms with Gasteiger partial charge >= 0.3 is 6.03 Å². The SMILES string of the molecule is CCN1CCc2c(sc3c2CN(C(=O)NCCC(C)C)C(c2ccc(C)cc2)c2cccn2-3)C1. The van der Waals surface area contributed by atoms with Gasteiger partial charge in [-0.15, -0.1) is 11.3 Å². The highest BCUT2D eigenvalue weighted by atomic mass is 32.1. The molecule has 0 bridgehead atoms. The molecule has 0 aliphatic carbocycles. The van der Waals surface area contributed by atoms with E-state index in [4.69, 9.17) is 0 Å². The molecular weight excluding hydrogens is 440 g/mol. The second kappa shape index (κ2) is 9.59. The summed E-state index contributed by atoms with van der Waals surface area (Å²) < 4.78 is 2.35. The van der Waals surface area contributed by atoms with Gasteiger partial charge in [0.25, 0.3) is 0 Å². The summed E-state index contributed by atoms with van der Waals surface area (Å²) in [5.41, 5.74) is 6.35. The number of amides is 2. The first-order valence-electron chi connectivity index (χ1n) is 12.6. The van der Waals surface area contributed by atoms with E-state index in [0.29, 0.717) is 19.0 Å². The van der Waals surface area contributed by atoms with E-state index in [9.17, 15) is 4.79 Å². The lowest BCUT2D eigenvalue weighted by molar-refractivity contribution is 0.179. The first-order chi connectivity index (χ1) is 16.5. The number of rotatable bonds is 5. The van der Waals surface area contributed by atoms with Crippen LogP contribution in [-0.4, -0.2) is 40.0 Å². The molecule has 1 N–H and O–H groups in total. The maximum absolute atomic E-state index is 13.7. The molecule has 2 aromatic heterocycles. The summed E-state index contributed by atoms with van der Waals surface area (Å²) >= 11 is 1.92. The lowest BCUT2D eigenvalue weighted by Crippen LogP contribution is -2.42. The number of likely N-dealkylation sites (N-methyl/N-ethyl adjacent to an activating group) is 1. The zero-order chi connectivity index (χ0) is 23.8. The van der Waals surface area contributed by atoms with Gasteiger partial charge in [-0.1, -0.05) is 50.6 Å². The van der Waals surface area contributed by atoms with Crippen LogP contribution in [0.2, 0.25) is 0 Å². The number of aryl methyl sites for hydroxylation is 1. The van der Waals surface area contributed by atoms with Crippen LogP contribution in [0.5, 0.6) is 0 Å². The smallest absolute Gasteiger partial charge is 0.318 e. The fourth-order valence-electron chi connectivity index (χ4n) is 5.22. The highest BCUT2D eigenvalue weighted by Gasteiger charge is 2.36. The Labute approximate surface area is 207 Å². The molecule has 0 spiro atoms. The molecule has 6 heteroatoms. The number of fused-ring (bicyclic) bond motifs is 5. The van der Waals surface area contributed by atoms with Crippen LogP contribution < -0.4 is 5.32 Å². The molecule has 1 aromatic carbocycles. The second-order valence-electron chi connectivity index (χ2n) is 10.1. The molecule has 2 aliphatic heterocycles. The van der Waals surface area contributed by atoms with Gasteiger partial charge in [-0.25, -0.2) is 4.79 Å². The molecule has 1 unspecified atom stereocenters. The third-order valence-corrected chi connectivity index (χ3v) is 8.50. The first-order valence-corrected chi connectivity index (χ1v) is 13.4. The van der Waals surface area contributed by atoms with Crippen LogP contribution >= 0.6 is 11.3 Å². The number of hydrogen-bond donors (Lipinski definition) is 1. The minimum atomic E-state index is -0.124. The number of urea groups is 1. The number of thiophene rings is 1. The third-order valence-electron chi connectivity index (χ3n) is 7.24. The summed E-state index contributed by atoms with van der Waals surface area (Å²) in [5.74, 6) is 0.562. The van der Waals surface area contributed by atoms with Gasteiger partial charge in [-0.2, -0.15) is 0 Å². The Kier molecular flexibility index (Phi) is 6.54. The van der Waals surface area contributed by atoms with Gasteiger partial charge in [0.1, 0.15) is 5.00 Å². The molecule has 2 aliphatic rings. The predicted molar refractivity (Wildman–Crippen MR) is 140 cm³/mol. The van der Waals surface area contributed by atoms with Gasteiger partial charge in [-0.3, -0.25) is 4.90 Å². The lowest BCUT2D eigenvalue weighted by Gasteiger charge is -2.32. The van der Waals surface area contributed by atoms with Gasteiger partial charge in [0.15, 0.2) is 0 Å². The molecule has 34 heavy (non-hydrogen) atoms. The zero-order valence-corrected chi connectivity index (χ0v) is 21.6. The fourth-order valence-corrected chi connectivity index (χ4v) is 6.62. The van der Waals surface area contributed by atoms with Crippen LogP contribution in [0.4, 0.5) is 4.79 Å². The number of benzene rings is 1. The average Bonchev–Trinajstić information content (AvgIpc) is 3.41. The van der Waals surface area contributed by atoms with Crippen molar-refractivity contribution < 1.29 is 4.79 Å². The van der Waals surface area contributed by atoms with Gasteiger partial charge in [-0.05, 0) is 55.5 Å². The Morgan fingerprint density at radius 2 is 1.94 bits per heavy atom. The number of nitrogens with zero attached hydrogens (tertiary/aromatic N) is 3. The standard InChI is InChI=1S/C28H36N4OS/c1-5-30-16-13-22-23-17-32(28(33)29-14-12-19(2)3)26(21-10-8-20(4)9-11-21)24-7-6-15-31(24)27(23)34-25(22)18-30/h6-11,15,19,26H,5,12-14,16-18H2,1-4H3,(H,29,33). The van der Waals surface area contributed by atoms with Crippen LogP contribution in [0.1, 0.15) is 66.1 Å². The van der Waals surface area contributed by atoms with Crippen molar-refractivity contribution in [1.29, 1.82) is 0 Å². The molecule has 180 valence electrons. The highest BCUT2D eigenvalue weighted by molar-refractivity contribution is 7.15. The predicted octanol–water partition coefficient (Wildman–Crippen LogP) is 5.89. The summed E-state index contributed by atoms with van der Waals surface area (Å²) in [4.78, 5) is 19.8. The van der Waals surface area contributed by atoms with Crippen molar-refractivity contribution in [3.63, 3.8) is 0 Å². The van der Waals surface area contributed by atoms with Gasteiger partial charge < -0.3 is 14.8 Å². The van der Waals surface area contributed by atoms with Gasteiger partial charge in [0.05, 0.1) is 18.3 Å². The lowest BCUT2D eigenvalue weighted by atomic mass is 9.99. The van der Waals surface area contributed by atoms with E-state index in [2.05, 4.69) is 90.0 Å². The molecule has 0 saturated carbocycles. The Morgan fingerprint density at radius 3 is 2.68 bits per heavy atom. The largest absolute Gasteiger partial charge is 0.338 e. The van der Waals surface area contributed by atoms with Crippen molar-refractivity contribution in [2.24, 2.45) is 5.92 Å². The maximum Gasteiger partial charge on any atom is 0.318 e. The molecule has 1 atom stereocenters. The topological polar surface area (TPSA) is 40.5 Å². The highest BCUT2D eigenvalue weighted by Crippen LogP contribution is 2.43. The van der Waals surface area contributed by atoms with E-state index in [1.54, 1.807) is 0 Å². The summed E-state index contributed by atoms with van der Waals surface area (Å²) in [5, 5.41) is 4.53. The minimum Gasteiger partial charge on any atom is -0.338 e. The average molecular weight is 477 g/mol. The Hall–Kier alpha value is -2.57. The molecular formula is C28H36N4OS. The quantitative estimate of drug-likeness (QED) is 0.499. The van der Waals surface area contributed by atoms with E-state index in [-0.39, 0.29) is 12.1 Å². The summed E-state index contributed by atoms with van der Waals surface area (Å²) in [6.45, 7) is 13.3. The monoisotopic (exact) mass is 476 g/mol. The van der Waals surface area contributed by atoms with E-state index >= 15 is 0 Å². The Bertz CT molecular complexity index is 1160. The van der Waals surface area contributed by atoms with Crippen molar-refractivity contribution in [1.82, 2.24) is 19.7 Å². The molecule has 4 heterocycles. The number of nitrogens with one attached hydrogen (secondary N) is 1. The van der Waals surface area contributed by atoms with Crippen LogP contribution in [-0.2, 0) is 19.5 Å². The van der Waals surface area contributed by atoms with Gasteiger partial charge in [0.2, 0.25) is 0 Å². The number of carbonyl (C=O) groups excluding carboxylic acids is 1. The Balaban J connectivity index is 1.59. The van der Waals surface area contributed by atoms with E-state index in [1.807, 2.05) is 11.3 Å². The van der Waals surface area contributed by atoms with Crippen LogP contribution in [0.15, 0.2) is 42.6 Å². The van der Waals surface area contributed by atoms with Crippen LogP contribution in [0.25, 0.3) is 5.00 Å². The van der Waals surface area contributed by atoms with Gasteiger partial charge in [0, 0.05) is 36.3 Å². The van der Waals surface area contributed by atoms with Crippen molar-refractivity contribution in [3.8, 4) is 5.00 Å². The molecule has 0 radical (unpaired) electrons. The third kappa shape index (κ3) is 4.29. The number of aromatic nitrogens is 1. The molecule has 5 nitrogen and oxygen atoms in total. The van der Waals surface area contributed by atoms with E-state index in [1.165, 1.54) is 26.6 Å². The number of carbonyl (C=O) groups is 1. The summed E-state index contributed by atoms with van der Waals surface area (Å²) in [6.07, 6.45) is 4.22. The van der Waals surface area contributed by atoms with Crippen LogP contribution in [0.3, 0.4) is 0 Å². The maximum atomic E-state index is 13.7. The summed E-state index contributed by atoms with van der Waals surface area (Å²) in [6, 6.07) is 12.9. The zero-order valence-electron chi connectivity index (χ0n) is 20.8. The minimum absolute atomic E-state index is 0.0257. The van der Waals surface area contributed by atoms with E-state index in [0.717, 1.165) is 43.7 Å². The van der Waals surface area contributed by atoms with Crippen LogP contribution in [0, 0.1) is 12.8 Å². The fraction of sp³-hybridized carbons (Fsp3) is 0.464. The molecule has 0 saturated heterocycles. The molecule has 0 fully saturated rings. The first kappa shape index (κ1) is 23.2. The Morgan fingerprint density at radius 1 is 1.15 bits per heavy atom. The molecule has 2 amide bonds. The second-order valence-corrected chi connectivity index (χ2v) is 11.1. The summed E-state index contributed by atoms with van der Waals surface area (Å²) in [7, 11) is 0. The van der Waals surface area contributed by atoms with Crippen molar-refractivity contribution in [3.05, 3.63) is 75.4 Å². The number of hydrogen-bond acceptors (Lipinski definition) is 3. The van der Waals surface area contributed by atoms with Crippen molar-refractivity contribution >= 4 is 17.4 Å². The molecule has 3 aromatic rings. The van der Waals surface area contributed by atoms with Crippen molar-refractivity contribution in [2.75, 3.05) is 19.6 Å². The van der Waals surface area contributed by atoms with E-state index < -0.39 is 0 Å².